The number of ether oxygens (including phenoxy) is 1. The molecule has 7 heteroatoms. The third-order valence-electron chi connectivity index (χ3n) is 3.96. The van der Waals surface area contributed by atoms with Gasteiger partial charge in [-0.1, -0.05) is 36.4 Å². The second-order valence-corrected chi connectivity index (χ2v) is 6.69. The van der Waals surface area contributed by atoms with Crippen molar-refractivity contribution >= 4 is 34.9 Å². The maximum Gasteiger partial charge on any atom is 0.293 e. The Morgan fingerprint density at radius 3 is 2.56 bits per heavy atom. The number of amides is 3. The highest BCUT2D eigenvalue weighted by Gasteiger charge is 2.34. The monoisotopic (exact) mass is 382 g/mol. The molecule has 6 nitrogen and oxygen atoms in total. The van der Waals surface area contributed by atoms with E-state index in [4.69, 9.17) is 4.74 Å². The molecule has 1 heterocycles. The number of carbonyl (C=O) groups excluding carboxylic acids is 3. The Hall–Kier alpha value is -3.06. The quantitative estimate of drug-likeness (QED) is 0.777. The molecule has 1 saturated heterocycles. The summed E-state index contributed by atoms with van der Waals surface area (Å²) in [4.78, 5) is 38.2. The van der Waals surface area contributed by atoms with Crippen molar-refractivity contribution in [1.29, 1.82) is 0 Å². The highest BCUT2D eigenvalue weighted by atomic mass is 32.2. The Morgan fingerprint density at radius 2 is 1.81 bits per heavy atom. The summed E-state index contributed by atoms with van der Waals surface area (Å²) in [6, 6.07) is 16.0. The number of methoxy groups -OCH3 is 1. The van der Waals surface area contributed by atoms with Crippen LogP contribution in [0.25, 0.3) is 6.08 Å². The number of benzene rings is 2. The fourth-order valence-corrected chi connectivity index (χ4v) is 3.45. The molecule has 138 valence electrons. The molecular weight excluding hydrogens is 364 g/mol. The summed E-state index contributed by atoms with van der Waals surface area (Å²) in [6.07, 6.45) is 1.65. The third-order valence-corrected chi connectivity index (χ3v) is 4.86. The number of nitrogens with zero attached hydrogens (tertiary/aromatic N) is 1. The van der Waals surface area contributed by atoms with Gasteiger partial charge in [-0.25, -0.2) is 0 Å². The molecule has 0 unspecified atom stereocenters. The summed E-state index contributed by atoms with van der Waals surface area (Å²) in [5, 5.41) is 2.36. The number of nitrogens with one attached hydrogen (secondary N) is 1. The Morgan fingerprint density at radius 1 is 1.11 bits per heavy atom. The summed E-state index contributed by atoms with van der Waals surface area (Å²) >= 11 is 0.881. The van der Waals surface area contributed by atoms with E-state index in [1.54, 1.807) is 43.5 Å². The Labute approximate surface area is 161 Å². The fourth-order valence-electron chi connectivity index (χ4n) is 2.59. The van der Waals surface area contributed by atoms with Crippen molar-refractivity contribution < 1.29 is 19.1 Å². The lowest BCUT2D eigenvalue weighted by atomic mass is 10.2. The predicted molar refractivity (Wildman–Crippen MR) is 104 cm³/mol. The van der Waals surface area contributed by atoms with Crippen LogP contribution in [0.3, 0.4) is 0 Å². The Balaban J connectivity index is 1.63. The highest BCUT2D eigenvalue weighted by molar-refractivity contribution is 8.18. The zero-order valence-corrected chi connectivity index (χ0v) is 15.5. The molecule has 3 amide bonds. The van der Waals surface area contributed by atoms with E-state index >= 15 is 0 Å². The van der Waals surface area contributed by atoms with Crippen LogP contribution in [0.15, 0.2) is 59.5 Å². The van der Waals surface area contributed by atoms with E-state index in [0.29, 0.717) is 16.2 Å². The molecule has 0 aliphatic carbocycles. The molecule has 0 bridgehead atoms. The van der Waals surface area contributed by atoms with Crippen LogP contribution < -0.4 is 10.1 Å². The van der Waals surface area contributed by atoms with Gasteiger partial charge in [0.15, 0.2) is 0 Å². The van der Waals surface area contributed by atoms with Crippen LogP contribution in [0.4, 0.5) is 4.79 Å². The standard InChI is InChI=1S/C20H18N2O4S/c1-26-16-10-6-5-9-15(16)13-17-19(24)22(20(25)27-17)12-11-21-18(23)14-7-3-2-4-8-14/h2-10,13H,11-12H2,1H3,(H,21,23)/b17-13-. The van der Waals surface area contributed by atoms with E-state index in [1.165, 1.54) is 0 Å². The molecule has 2 aromatic rings. The smallest absolute Gasteiger partial charge is 0.293 e. The van der Waals surface area contributed by atoms with Crippen LogP contribution in [-0.2, 0) is 4.79 Å². The second kappa shape index (κ2) is 8.55. The van der Waals surface area contributed by atoms with Crippen molar-refractivity contribution in [2.75, 3.05) is 20.2 Å². The van der Waals surface area contributed by atoms with Crippen LogP contribution in [-0.4, -0.2) is 42.2 Å². The molecule has 2 aromatic carbocycles. The molecule has 0 spiro atoms. The van der Waals surface area contributed by atoms with E-state index in [9.17, 15) is 14.4 Å². The van der Waals surface area contributed by atoms with Gasteiger partial charge in [-0.05, 0) is 36.0 Å². The highest BCUT2D eigenvalue weighted by Crippen LogP contribution is 2.33. The molecule has 1 fully saturated rings. The zero-order chi connectivity index (χ0) is 19.2. The minimum Gasteiger partial charge on any atom is -0.496 e. The predicted octanol–water partition coefficient (Wildman–Crippen LogP) is 3.16. The number of carbonyl (C=O) groups is 3. The topological polar surface area (TPSA) is 75.7 Å². The Bertz CT molecular complexity index is 896. The molecule has 0 saturated carbocycles. The van der Waals surface area contributed by atoms with Crippen molar-refractivity contribution in [1.82, 2.24) is 10.2 Å². The van der Waals surface area contributed by atoms with Gasteiger partial charge in [0.05, 0.1) is 12.0 Å². The minimum atomic E-state index is -0.370. The molecule has 3 rings (SSSR count). The van der Waals surface area contributed by atoms with E-state index in [1.807, 2.05) is 24.3 Å². The summed E-state index contributed by atoms with van der Waals surface area (Å²) in [5.41, 5.74) is 1.26. The van der Waals surface area contributed by atoms with E-state index in [-0.39, 0.29) is 30.1 Å². The van der Waals surface area contributed by atoms with Gasteiger partial charge in [0, 0.05) is 24.2 Å². The van der Waals surface area contributed by atoms with Crippen LogP contribution in [0, 0.1) is 0 Å². The van der Waals surface area contributed by atoms with E-state index < -0.39 is 0 Å². The van der Waals surface area contributed by atoms with Gasteiger partial charge >= 0.3 is 0 Å². The van der Waals surface area contributed by atoms with Gasteiger partial charge in [-0.3, -0.25) is 19.3 Å². The first-order valence-corrected chi connectivity index (χ1v) is 9.13. The maximum atomic E-state index is 12.5. The largest absolute Gasteiger partial charge is 0.496 e. The van der Waals surface area contributed by atoms with Gasteiger partial charge in [0.2, 0.25) is 0 Å². The summed E-state index contributed by atoms with van der Waals surface area (Å²) in [5.74, 6) is 0.0106. The summed E-state index contributed by atoms with van der Waals surface area (Å²) in [6.45, 7) is 0.306. The normalized spacial score (nSPS) is 15.3. The number of hydrogen-bond acceptors (Lipinski definition) is 5. The minimum absolute atomic E-state index is 0.118. The van der Waals surface area contributed by atoms with E-state index in [0.717, 1.165) is 22.2 Å². The van der Waals surface area contributed by atoms with Crippen molar-refractivity contribution in [3.63, 3.8) is 0 Å². The fraction of sp³-hybridized carbons (Fsp3) is 0.150. The number of imide groups is 1. The average Bonchev–Trinajstić information content (AvgIpc) is 2.96. The van der Waals surface area contributed by atoms with Crippen LogP contribution in [0.5, 0.6) is 5.75 Å². The van der Waals surface area contributed by atoms with Gasteiger partial charge in [0.1, 0.15) is 5.75 Å². The average molecular weight is 382 g/mol. The number of hydrogen-bond donors (Lipinski definition) is 1. The van der Waals surface area contributed by atoms with Gasteiger partial charge in [-0.15, -0.1) is 0 Å². The first-order chi connectivity index (χ1) is 13.1. The summed E-state index contributed by atoms with van der Waals surface area (Å²) in [7, 11) is 1.55. The molecule has 1 aliphatic heterocycles. The van der Waals surface area contributed by atoms with E-state index in [2.05, 4.69) is 5.32 Å². The van der Waals surface area contributed by atoms with Crippen LogP contribution in [0.1, 0.15) is 15.9 Å². The maximum absolute atomic E-state index is 12.5. The number of rotatable bonds is 6. The molecule has 1 N–H and O–H groups in total. The lowest BCUT2D eigenvalue weighted by Crippen LogP contribution is -2.37. The zero-order valence-electron chi connectivity index (χ0n) is 14.7. The first-order valence-electron chi connectivity index (χ1n) is 8.32. The van der Waals surface area contributed by atoms with Crippen molar-refractivity contribution in [2.45, 2.75) is 0 Å². The molecular formula is C20H18N2O4S. The molecule has 0 aromatic heterocycles. The third kappa shape index (κ3) is 4.38. The van der Waals surface area contributed by atoms with Gasteiger partial charge in [-0.2, -0.15) is 0 Å². The first kappa shape index (κ1) is 18.7. The van der Waals surface area contributed by atoms with Gasteiger partial charge < -0.3 is 10.1 Å². The van der Waals surface area contributed by atoms with Crippen molar-refractivity contribution in [3.05, 3.63) is 70.6 Å². The van der Waals surface area contributed by atoms with Crippen molar-refractivity contribution in [2.24, 2.45) is 0 Å². The van der Waals surface area contributed by atoms with Crippen molar-refractivity contribution in [3.8, 4) is 5.75 Å². The van der Waals surface area contributed by atoms with Gasteiger partial charge in [0.25, 0.3) is 17.1 Å². The number of para-hydroxylation sites is 1. The number of thioether (sulfide) groups is 1. The molecule has 0 radical (unpaired) electrons. The van der Waals surface area contributed by atoms with Crippen LogP contribution >= 0.6 is 11.8 Å². The SMILES string of the molecule is COc1ccccc1/C=C1\SC(=O)N(CCNC(=O)c2ccccc2)C1=O. The lowest BCUT2D eigenvalue weighted by molar-refractivity contribution is -0.122. The van der Waals surface area contributed by atoms with Crippen LogP contribution in [0.2, 0.25) is 0 Å². The molecule has 27 heavy (non-hydrogen) atoms. The summed E-state index contributed by atoms with van der Waals surface area (Å²) < 4.78 is 5.27. The molecule has 0 atom stereocenters. The second-order valence-electron chi connectivity index (χ2n) is 5.70. The lowest BCUT2D eigenvalue weighted by Gasteiger charge is -2.13. The Kier molecular flexibility index (Phi) is 5.93. The molecule has 1 aliphatic rings.